The van der Waals surface area contributed by atoms with Crippen LogP contribution >= 0.6 is 0 Å². The molecule has 0 spiro atoms. The van der Waals surface area contributed by atoms with Gasteiger partial charge in [-0.2, -0.15) is 10.1 Å². The number of fused-ring (bicyclic) bond motifs is 1. The lowest BCUT2D eigenvalue weighted by Crippen LogP contribution is -2.39. The maximum Gasteiger partial charge on any atom is 0.217 e. The van der Waals surface area contributed by atoms with Crippen molar-refractivity contribution < 1.29 is 9.13 Å². The van der Waals surface area contributed by atoms with Crippen molar-refractivity contribution >= 4 is 11.5 Å². The normalized spacial score (nSPS) is 16.0. The molecule has 7 heteroatoms. The van der Waals surface area contributed by atoms with Crippen LogP contribution in [0.5, 0.6) is 5.88 Å². The minimum Gasteiger partial charge on any atom is -0.474 e. The lowest BCUT2D eigenvalue weighted by molar-refractivity contribution is 0.163. The fraction of sp³-hybridized carbons (Fsp3) is 0.312. The van der Waals surface area contributed by atoms with Gasteiger partial charge in [0.15, 0.2) is 17.3 Å². The summed E-state index contributed by atoms with van der Waals surface area (Å²) in [5, 5.41) is 4.11. The van der Waals surface area contributed by atoms with Crippen molar-refractivity contribution in [1.82, 2.24) is 19.6 Å². The van der Waals surface area contributed by atoms with Gasteiger partial charge < -0.3 is 9.64 Å². The van der Waals surface area contributed by atoms with Gasteiger partial charge in [-0.25, -0.2) is 13.9 Å². The molecule has 4 rings (SSSR count). The van der Waals surface area contributed by atoms with Crippen LogP contribution in [0.1, 0.15) is 12.8 Å². The standard InChI is InChI=1S/C16H16FN5O/c17-13-2-1-7-18-16(13)21-9-4-12(5-10-21)23-15-6-11-22-14(20-15)3-8-19-22/h1-3,6-8,11-12H,4-5,9-10H2. The Kier molecular flexibility index (Phi) is 3.53. The number of pyridine rings is 1. The van der Waals surface area contributed by atoms with E-state index in [2.05, 4.69) is 15.1 Å². The fourth-order valence-electron chi connectivity index (χ4n) is 2.83. The molecule has 1 aliphatic rings. The first-order valence-corrected chi connectivity index (χ1v) is 7.62. The number of hydrogen-bond acceptors (Lipinski definition) is 5. The maximum absolute atomic E-state index is 13.8. The summed E-state index contributed by atoms with van der Waals surface area (Å²) < 4.78 is 21.4. The number of anilines is 1. The third-order valence-corrected chi connectivity index (χ3v) is 4.00. The molecular weight excluding hydrogens is 297 g/mol. The molecule has 0 aliphatic carbocycles. The third kappa shape index (κ3) is 2.81. The monoisotopic (exact) mass is 313 g/mol. The zero-order valence-electron chi connectivity index (χ0n) is 12.5. The molecule has 0 N–H and O–H groups in total. The highest BCUT2D eigenvalue weighted by Gasteiger charge is 2.23. The SMILES string of the molecule is Fc1cccnc1N1CCC(Oc2ccn3nccc3n2)CC1. The van der Waals surface area contributed by atoms with E-state index in [0.29, 0.717) is 24.8 Å². The molecule has 0 unspecified atom stereocenters. The van der Waals surface area contributed by atoms with Crippen molar-refractivity contribution in [3.63, 3.8) is 0 Å². The predicted molar refractivity (Wildman–Crippen MR) is 83.0 cm³/mol. The van der Waals surface area contributed by atoms with Crippen LogP contribution in [-0.4, -0.2) is 38.8 Å². The van der Waals surface area contributed by atoms with Crippen LogP contribution in [-0.2, 0) is 0 Å². The zero-order valence-corrected chi connectivity index (χ0v) is 12.5. The summed E-state index contributed by atoms with van der Waals surface area (Å²) in [5.41, 5.74) is 0.760. The molecule has 0 atom stereocenters. The van der Waals surface area contributed by atoms with Gasteiger partial charge in [0.05, 0.1) is 6.20 Å². The van der Waals surface area contributed by atoms with E-state index in [1.807, 2.05) is 23.2 Å². The first-order valence-electron chi connectivity index (χ1n) is 7.62. The average molecular weight is 313 g/mol. The van der Waals surface area contributed by atoms with E-state index < -0.39 is 0 Å². The van der Waals surface area contributed by atoms with Crippen LogP contribution in [0.2, 0.25) is 0 Å². The molecule has 3 aromatic rings. The van der Waals surface area contributed by atoms with E-state index >= 15 is 0 Å². The highest BCUT2D eigenvalue weighted by molar-refractivity contribution is 5.40. The summed E-state index contributed by atoms with van der Waals surface area (Å²) in [7, 11) is 0. The molecule has 6 nitrogen and oxygen atoms in total. The minimum absolute atomic E-state index is 0.0795. The van der Waals surface area contributed by atoms with Gasteiger partial charge in [-0.05, 0) is 12.1 Å². The predicted octanol–water partition coefficient (Wildman–Crippen LogP) is 2.31. The van der Waals surface area contributed by atoms with Gasteiger partial charge >= 0.3 is 0 Å². The van der Waals surface area contributed by atoms with E-state index in [1.165, 1.54) is 6.07 Å². The van der Waals surface area contributed by atoms with Gasteiger partial charge in [-0.3, -0.25) is 0 Å². The molecule has 1 fully saturated rings. The second kappa shape index (κ2) is 5.83. The highest BCUT2D eigenvalue weighted by atomic mass is 19.1. The summed E-state index contributed by atoms with van der Waals surface area (Å²) in [4.78, 5) is 10.5. The Morgan fingerprint density at radius 1 is 1.13 bits per heavy atom. The molecule has 1 aliphatic heterocycles. The van der Waals surface area contributed by atoms with Crippen molar-refractivity contribution in [2.75, 3.05) is 18.0 Å². The summed E-state index contributed by atoms with van der Waals surface area (Å²) in [6.07, 6.45) is 6.84. The van der Waals surface area contributed by atoms with Crippen molar-refractivity contribution in [2.24, 2.45) is 0 Å². The highest BCUT2D eigenvalue weighted by Crippen LogP contribution is 2.23. The summed E-state index contributed by atoms with van der Waals surface area (Å²) in [6, 6.07) is 6.69. The van der Waals surface area contributed by atoms with Crippen LogP contribution in [0.3, 0.4) is 0 Å². The van der Waals surface area contributed by atoms with Gasteiger partial charge in [0, 0.05) is 50.5 Å². The first kappa shape index (κ1) is 13.9. The largest absolute Gasteiger partial charge is 0.474 e. The Labute approximate surface area is 132 Å². The summed E-state index contributed by atoms with van der Waals surface area (Å²) in [5.74, 6) is 0.741. The molecule has 3 aromatic heterocycles. The Bertz CT molecular complexity index is 813. The van der Waals surface area contributed by atoms with Crippen LogP contribution in [0.4, 0.5) is 10.2 Å². The smallest absolute Gasteiger partial charge is 0.217 e. The number of nitrogens with zero attached hydrogens (tertiary/aromatic N) is 5. The first-order chi connectivity index (χ1) is 11.3. The van der Waals surface area contributed by atoms with E-state index in [9.17, 15) is 4.39 Å². The Balaban J connectivity index is 1.40. The molecule has 23 heavy (non-hydrogen) atoms. The summed E-state index contributed by atoms with van der Waals surface area (Å²) >= 11 is 0. The van der Waals surface area contributed by atoms with Crippen molar-refractivity contribution in [2.45, 2.75) is 18.9 Å². The number of rotatable bonds is 3. The van der Waals surface area contributed by atoms with Gasteiger partial charge in [-0.15, -0.1) is 0 Å². The van der Waals surface area contributed by atoms with Crippen molar-refractivity contribution in [3.8, 4) is 5.88 Å². The van der Waals surface area contributed by atoms with E-state index in [4.69, 9.17) is 4.74 Å². The van der Waals surface area contributed by atoms with E-state index in [1.54, 1.807) is 23.0 Å². The van der Waals surface area contributed by atoms with E-state index in [0.717, 1.165) is 18.5 Å². The molecule has 0 amide bonds. The Hall–Kier alpha value is -2.70. The van der Waals surface area contributed by atoms with Gasteiger partial charge in [0.25, 0.3) is 0 Å². The second-order valence-electron chi connectivity index (χ2n) is 5.51. The molecule has 4 heterocycles. The summed E-state index contributed by atoms with van der Waals surface area (Å²) in [6.45, 7) is 1.43. The van der Waals surface area contributed by atoms with Crippen molar-refractivity contribution in [3.05, 3.63) is 48.7 Å². The second-order valence-corrected chi connectivity index (χ2v) is 5.51. The topological polar surface area (TPSA) is 55.6 Å². The Morgan fingerprint density at radius 2 is 2.00 bits per heavy atom. The number of ether oxygens (including phenoxy) is 1. The lowest BCUT2D eigenvalue weighted by Gasteiger charge is -2.32. The number of halogens is 1. The maximum atomic E-state index is 13.8. The van der Waals surface area contributed by atoms with Crippen molar-refractivity contribution in [1.29, 1.82) is 0 Å². The third-order valence-electron chi connectivity index (χ3n) is 4.00. The molecule has 0 saturated carbocycles. The van der Waals surface area contributed by atoms with Crippen LogP contribution in [0.15, 0.2) is 42.9 Å². The average Bonchev–Trinajstić information content (AvgIpc) is 3.04. The zero-order chi connectivity index (χ0) is 15.6. The molecule has 1 saturated heterocycles. The van der Waals surface area contributed by atoms with Gasteiger partial charge in [-0.1, -0.05) is 0 Å². The Morgan fingerprint density at radius 3 is 2.83 bits per heavy atom. The molecule has 0 bridgehead atoms. The number of aromatic nitrogens is 4. The quantitative estimate of drug-likeness (QED) is 0.743. The molecule has 0 radical (unpaired) electrons. The minimum atomic E-state index is -0.278. The van der Waals surface area contributed by atoms with Crippen LogP contribution in [0, 0.1) is 5.82 Å². The molecular formula is C16H16FN5O. The molecule has 0 aromatic carbocycles. The van der Waals surface area contributed by atoms with Gasteiger partial charge in [0.1, 0.15) is 6.10 Å². The lowest BCUT2D eigenvalue weighted by atomic mass is 10.1. The number of hydrogen-bond donors (Lipinski definition) is 0. The van der Waals surface area contributed by atoms with Gasteiger partial charge in [0.2, 0.25) is 5.88 Å². The molecule has 118 valence electrons. The van der Waals surface area contributed by atoms with E-state index in [-0.39, 0.29) is 11.9 Å². The van der Waals surface area contributed by atoms with Crippen LogP contribution in [0.25, 0.3) is 5.65 Å². The number of piperidine rings is 1. The fourth-order valence-corrected chi connectivity index (χ4v) is 2.83. The van der Waals surface area contributed by atoms with Crippen LogP contribution < -0.4 is 9.64 Å².